The molecule has 6 aliphatic rings. The predicted octanol–water partition coefficient (Wildman–Crippen LogP) is 1.33. The zero-order chi connectivity index (χ0) is 22.5. The summed E-state index contributed by atoms with van der Waals surface area (Å²) in [6.07, 6.45) is 5.51. The number of hydrogen-bond donors (Lipinski definition) is 0. The number of piperidine rings is 2. The Labute approximate surface area is 188 Å². The maximum atomic E-state index is 13.3. The van der Waals surface area contributed by atoms with E-state index in [1.807, 2.05) is 0 Å². The molecule has 7 atom stereocenters. The number of benzene rings is 1. The van der Waals surface area contributed by atoms with Crippen LogP contribution in [0.2, 0.25) is 0 Å². The van der Waals surface area contributed by atoms with Crippen LogP contribution in [0.1, 0.15) is 24.8 Å². The molecule has 0 N–H and O–H groups in total. The normalized spacial score (nSPS) is 42.5. The summed E-state index contributed by atoms with van der Waals surface area (Å²) < 4.78 is 38.5. The molecule has 1 aromatic carbocycles. The van der Waals surface area contributed by atoms with E-state index in [1.165, 1.54) is 37.2 Å². The molecule has 1 spiro atoms. The lowest BCUT2D eigenvalue weighted by Gasteiger charge is -2.59. The van der Waals surface area contributed by atoms with Gasteiger partial charge in [-0.2, -0.15) is 0 Å². The molecule has 32 heavy (non-hydrogen) atoms. The van der Waals surface area contributed by atoms with Crippen LogP contribution in [-0.2, 0) is 29.5 Å². The van der Waals surface area contributed by atoms with Crippen molar-refractivity contribution >= 4 is 22.0 Å². The molecule has 172 valence electrons. The molecule has 4 unspecified atom stereocenters. The van der Waals surface area contributed by atoms with Gasteiger partial charge in [-0.25, -0.2) is 8.42 Å². The first kappa shape index (κ1) is 20.8. The number of amides is 1. The molecule has 8 nitrogen and oxygen atoms in total. The highest BCUT2D eigenvalue weighted by molar-refractivity contribution is 7.80. The Kier molecular flexibility index (Phi) is 4.31. The number of quaternary nitrogens is 1. The molecule has 1 amide bonds. The van der Waals surface area contributed by atoms with Crippen LogP contribution in [0.25, 0.3) is 0 Å². The maximum Gasteiger partial charge on any atom is 0.229 e. The van der Waals surface area contributed by atoms with Gasteiger partial charge in [0.25, 0.3) is 0 Å². The summed E-state index contributed by atoms with van der Waals surface area (Å²) in [7, 11) is -1.14. The van der Waals surface area contributed by atoms with Gasteiger partial charge in [0.05, 0.1) is 51.3 Å². The van der Waals surface area contributed by atoms with Crippen molar-refractivity contribution in [1.82, 2.24) is 0 Å². The number of likely N-dealkylation sites (N-methyl/N-ethyl adjacent to an activating group) is 1. The third-order valence-electron chi connectivity index (χ3n) is 9.11. The van der Waals surface area contributed by atoms with Crippen molar-refractivity contribution in [2.45, 2.75) is 42.9 Å². The molecule has 0 radical (unpaired) electrons. The Morgan fingerprint density at radius 1 is 1.31 bits per heavy atom. The standard InChI is InChI=1S/C22H25N2O2.CH4O4S/c1-24-8-7-22-15-4-2-3-5-16(15)23-19(25)11-17-20(21(22)23)14(10-18(22)24)13(12-24)6-9-26-17;1-5-6(2,3)4/h2-6,14,17-18,20-21H,7-12H2,1H3;1H3,(H,2,3,4)/q+1;/p-1/t14-,17-,18?,20?,21?,22+,24?;/m0./s1. The van der Waals surface area contributed by atoms with Crippen molar-refractivity contribution in [2.75, 3.05) is 38.8 Å². The number of para-hydroxylation sites is 1. The summed E-state index contributed by atoms with van der Waals surface area (Å²) in [5.41, 5.74) is 4.43. The van der Waals surface area contributed by atoms with E-state index in [9.17, 15) is 17.8 Å². The zero-order valence-corrected chi connectivity index (χ0v) is 19.1. The summed E-state index contributed by atoms with van der Waals surface area (Å²) >= 11 is 0. The van der Waals surface area contributed by atoms with Crippen LogP contribution in [0.15, 0.2) is 35.9 Å². The Balaban J connectivity index is 0.000000292. The van der Waals surface area contributed by atoms with Gasteiger partial charge in [0, 0.05) is 24.4 Å². The number of hydrogen-bond acceptors (Lipinski definition) is 6. The fourth-order valence-corrected chi connectivity index (χ4v) is 8.14. The van der Waals surface area contributed by atoms with E-state index < -0.39 is 10.4 Å². The number of carbonyl (C=O) groups is 1. The molecule has 4 fully saturated rings. The lowest BCUT2D eigenvalue weighted by atomic mass is 9.53. The first-order valence-corrected chi connectivity index (χ1v) is 12.6. The van der Waals surface area contributed by atoms with E-state index in [1.54, 1.807) is 5.57 Å². The van der Waals surface area contributed by atoms with Gasteiger partial charge in [-0.05, 0) is 23.1 Å². The van der Waals surface area contributed by atoms with Gasteiger partial charge in [0.1, 0.15) is 12.6 Å². The van der Waals surface area contributed by atoms with Crippen molar-refractivity contribution in [3.8, 4) is 0 Å². The Morgan fingerprint density at radius 2 is 2.06 bits per heavy atom. The smallest absolute Gasteiger partial charge is 0.229 e. The van der Waals surface area contributed by atoms with Crippen LogP contribution < -0.4 is 4.90 Å². The van der Waals surface area contributed by atoms with Crippen molar-refractivity contribution in [3.05, 3.63) is 41.5 Å². The zero-order valence-electron chi connectivity index (χ0n) is 18.3. The number of nitrogens with zero attached hydrogens (tertiary/aromatic N) is 2. The minimum absolute atomic E-state index is 0.104. The SMILES string of the molecule is COS(=O)(=O)[O-].C[N+]12CC[C@@]34c5ccccc5N5C(=O)C[C@@H]6OCC=C(C1)[C@H](CC32)C6C54. The van der Waals surface area contributed by atoms with Crippen molar-refractivity contribution in [2.24, 2.45) is 11.8 Å². The van der Waals surface area contributed by atoms with Crippen molar-refractivity contribution < 1.29 is 31.2 Å². The Hall–Kier alpha value is -1.78. The van der Waals surface area contributed by atoms with Crippen LogP contribution in [0.3, 0.4) is 0 Å². The van der Waals surface area contributed by atoms with Gasteiger partial charge in [-0.1, -0.05) is 24.3 Å². The first-order valence-electron chi connectivity index (χ1n) is 11.3. The Bertz CT molecular complexity index is 1140. The van der Waals surface area contributed by atoms with Crippen molar-refractivity contribution in [3.63, 3.8) is 0 Å². The topological polar surface area (TPSA) is 96.0 Å². The number of anilines is 1. The highest BCUT2D eigenvalue weighted by atomic mass is 32.3. The number of rotatable bonds is 1. The molecule has 1 aliphatic carbocycles. The van der Waals surface area contributed by atoms with Gasteiger partial charge in [0.2, 0.25) is 16.3 Å². The molecule has 5 heterocycles. The van der Waals surface area contributed by atoms with E-state index in [0.717, 1.165) is 11.6 Å². The summed E-state index contributed by atoms with van der Waals surface area (Å²) in [6, 6.07) is 9.76. The van der Waals surface area contributed by atoms with Crippen LogP contribution in [-0.4, -0.2) is 75.4 Å². The molecule has 3 saturated heterocycles. The second-order valence-electron chi connectivity index (χ2n) is 10.2. The van der Waals surface area contributed by atoms with Gasteiger partial charge in [-0.3, -0.25) is 8.98 Å². The largest absolute Gasteiger partial charge is 0.726 e. The van der Waals surface area contributed by atoms with Crippen molar-refractivity contribution in [1.29, 1.82) is 0 Å². The molecule has 1 saturated carbocycles. The van der Waals surface area contributed by atoms with E-state index in [0.29, 0.717) is 36.9 Å². The predicted molar refractivity (Wildman–Crippen MR) is 114 cm³/mol. The molecule has 1 aromatic rings. The highest BCUT2D eigenvalue weighted by Gasteiger charge is 2.75. The summed E-state index contributed by atoms with van der Waals surface area (Å²) in [5, 5.41) is 0. The molecule has 2 bridgehead atoms. The molecule has 9 heteroatoms. The van der Waals surface area contributed by atoms with Crippen LogP contribution in [0.5, 0.6) is 0 Å². The first-order chi connectivity index (χ1) is 15.2. The molecule has 5 aliphatic heterocycles. The van der Waals surface area contributed by atoms with Gasteiger partial charge >= 0.3 is 0 Å². The average molecular weight is 461 g/mol. The number of carbonyl (C=O) groups excluding carboxylic acids is 1. The quantitative estimate of drug-likeness (QED) is 0.272. The minimum atomic E-state index is -4.41. The second kappa shape index (κ2) is 6.64. The van der Waals surface area contributed by atoms with Crippen LogP contribution in [0.4, 0.5) is 5.69 Å². The Morgan fingerprint density at radius 3 is 2.81 bits per heavy atom. The fourth-order valence-electron chi connectivity index (χ4n) is 8.14. The maximum absolute atomic E-state index is 13.3. The third-order valence-corrected chi connectivity index (χ3v) is 9.52. The summed E-state index contributed by atoms with van der Waals surface area (Å²) in [6.45, 7) is 3.12. The molecule has 7 rings (SSSR count). The minimum Gasteiger partial charge on any atom is -0.726 e. The molecular weight excluding hydrogens is 432 g/mol. The lowest BCUT2D eigenvalue weighted by molar-refractivity contribution is -0.925. The van der Waals surface area contributed by atoms with Gasteiger partial charge < -0.3 is 18.7 Å². The van der Waals surface area contributed by atoms with E-state index in [2.05, 4.69) is 46.5 Å². The van der Waals surface area contributed by atoms with E-state index in [4.69, 9.17) is 4.74 Å². The number of ether oxygens (including phenoxy) is 1. The lowest BCUT2D eigenvalue weighted by Crippen LogP contribution is -2.72. The average Bonchev–Trinajstić information content (AvgIpc) is 3.17. The number of fused-ring (bicyclic) bond motifs is 2. The monoisotopic (exact) mass is 460 g/mol. The van der Waals surface area contributed by atoms with Gasteiger partial charge in [-0.15, -0.1) is 0 Å². The van der Waals surface area contributed by atoms with Gasteiger partial charge in [0.15, 0.2) is 0 Å². The molecule has 0 aromatic heterocycles. The molecular formula is C23H28N2O6S. The van der Waals surface area contributed by atoms with Crippen LogP contribution in [0, 0.1) is 11.8 Å². The second-order valence-corrected chi connectivity index (χ2v) is 11.4. The summed E-state index contributed by atoms with van der Waals surface area (Å²) in [5.74, 6) is 1.36. The summed E-state index contributed by atoms with van der Waals surface area (Å²) in [4.78, 5) is 15.5. The van der Waals surface area contributed by atoms with Crippen LogP contribution >= 0.6 is 0 Å². The third kappa shape index (κ3) is 2.57. The van der Waals surface area contributed by atoms with E-state index >= 15 is 0 Å². The fraction of sp³-hybridized carbons (Fsp3) is 0.609. The highest BCUT2D eigenvalue weighted by Crippen LogP contribution is 2.67. The van der Waals surface area contributed by atoms with E-state index in [-0.39, 0.29) is 17.4 Å².